The lowest BCUT2D eigenvalue weighted by molar-refractivity contribution is 0.367. The molecule has 94 valence electrons. The fourth-order valence-electron chi connectivity index (χ4n) is 1.74. The summed E-state index contributed by atoms with van der Waals surface area (Å²) < 4.78 is 27.6. The maximum absolute atomic E-state index is 13.9. The summed E-state index contributed by atoms with van der Waals surface area (Å²) in [7, 11) is 1.54. The highest BCUT2D eigenvalue weighted by Gasteiger charge is 2.26. The van der Waals surface area contributed by atoms with Gasteiger partial charge in [-0.15, -0.1) is 0 Å². The maximum atomic E-state index is 13.9. The lowest BCUT2D eigenvalue weighted by atomic mass is 9.89. The Morgan fingerprint density at radius 3 is 2.76 bits per heavy atom. The summed E-state index contributed by atoms with van der Waals surface area (Å²) in [5.74, 6) is -0.479. The van der Waals surface area contributed by atoms with E-state index in [1.165, 1.54) is 12.4 Å². The third-order valence-corrected chi connectivity index (χ3v) is 2.66. The lowest BCUT2D eigenvalue weighted by Gasteiger charge is -2.22. The zero-order valence-electron chi connectivity index (χ0n) is 9.95. The van der Waals surface area contributed by atoms with Gasteiger partial charge in [0.15, 0.2) is 0 Å². The quantitative estimate of drug-likeness (QED) is 0.739. The summed E-state index contributed by atoms with van der Waals surface area (Å²) in [5, 5.41) is 0. The van der Waals surface area contributed by atoms with Gasteiger partial charge in [0.05, 0.1) is 0 Å². The van der Waals surface area contributed by atoms with Gasteiger partial charge in [-0.2, -0.15) is 0 Å². The van der Waals surface area contributed by atoms with Crippen LogP contribution in [0.15, 0.2) is 39.8 Å². The van der Waals surface area contributed by atoms with Crippen molar-refractivity contribution in [1.29, 1.82) is 0 Å². The second kappa shape index (κ2) is 5.72. The standard InChI is InChI=1S/C12H17F2N3/c1-7(16)9-3-12(14)10(4-11(9)13)8(5-15)6-17-2/h4-7,12H,3,15-16H2,1-2H3/t7-,12?/m0/s1. The Morgan fingerprint density at radius 2 is 2.29 bits per heavy atom. The normalized spacial score (nSPS) is 24.2. The van der Waals surface area contributed by atoms with Crippen molar-refractivity contribution < 1.29 is 8.78 Å². The number of hydrogen-bond donors (Lipinski definition) is 2. The van der Waals surface area contributed by atoms with E-state index in [9.17, 15) is 8.78 Å². The van der Waals surface area contributed by atoms with Crippen LogP contribution in [0.2, 0.25) is 0 Å². The minimum absolute atomic E-state index is 0.0375. The summed E-state index contributed by atoms with van der Waals surface area (Å²) in [5.41, 5.74) is 11.8. The monoisotopic (exact) mass is 241 g/mol. The Labute approximate surface area is 99.6 Å². The fourth-order valence-corrected chi connectivity index (χ4v) is 1.74. The van der Waals surface area contributed by atoms with Gasteiger partial charge in [0.25, 0.3) is 0 Å². The van der Waals surface area contributed by atoms with Gasteiger partial charge >= 0.3 is 0 Å². The van der Waals surface area contributed by atoms with Gasteiger partial charge in [0.2, 0.25) is 0 Å². The number of halogens is 2. The van der Waals surface area contributed by atoms with E-state index in [1.807, 2.05) is 0 Å². The Morgan fingerprint density at radius 1 is 1.65 bits per heavy atom. The number of nitrogens with zero attached hydrogens (tertiary/aromatic N) is 1. The zero-order chi connectivity index (χ0) is 13.0. The summed E-state index contributed by atoms with van der Waals surface area (Å²) in [6, 6.07) is -0.490. The van der Waals surface area contributed by atoms with Crippen LogP contribution in [0.25, 0.3) is 0 Å². The minimum atomic E-state index is -1.30. The van der Waals surface area contributed by atoms with Gasteiger partial charge in [-0.05, 0) is 24.1 Å². The molecule has 4 N–H and O–H groups in total. The zero-order valence-corrected chi connectivity index (χ0v) is 9.95. The molecule has 0 aromatic heterocycles. The SMILES string of the molecule is CN=CC(=CN)C1=CC(F)=C([C@H](C)N)CC1F. The van der Waals surface area contributed by atoms with E-state index in [-0.39, 0.29) is 12.0 Å². The molecule has 0 heterocycles. The first-order valence-electron chi connectivity index (χ1n) is 5.35. The number of aliphatic imine (C=N–C) groups is 1. The van der Waals surface area contributed by atoms with E-state index >= 15 is 0 Å². The van der Waals surface area contributed by atoms with Gasteiger partial charge < -0.3 is 11.5 Å². The van der Waals surface area contributed by atoms with E-state index < -0.39 is 18.0 Å². The molecule has 0 spiro atoms. The van der Waals surface area contributed by atoms with Crippen LogP contribution in [0.1, 0.15) is 13.3 Å². The molecule has 0 radical (unpaired) electrons. The van der Waals surface area contributed by atoms with Crippen LogP contribution in [-0.4, -0.2) is 25.5 Å². The molecule has 0 fully saturated rings. The van der Waals surface area contributed by atoms with Crippen molar-refractivity contribution in [2.24, 2.45) is 16.5 Å². The Hall–Kier alpha value is -1.49. The van der Waals surface area contributed by atoms with Crippen molar-refractivity contribution in [3.8, 4) is 0 Å². The first kappa shape index (κ1) is 13.6. The molecular formula is C12H17F2N3. The van der Waals surface area contributed by atoms with Crippen molar-refractivity contribution >= 4 is 6.21 Å². The summed E-state index contributed by atoms with van der Waals surface area (Å²) >= 11 is 0. The van der Waals surface area contributed by atoms with Crippen LogP contribution >= 0.6 is 0 Å². The van der Waals surface area contributed by atoms with Crippen molar-refractivity contribution in [2.75, 3.05) is 7.05 Å². The van der Waals surface area contributed by atoms with Crippen molar-refractivity contribution in [3.63, 3.8) is 0 Å². The Balaban J connectivity index is 3.14. The van der Waals surface area contributed by atoms with E-state index in [2.05, 4.69) is 4.99 Å². The maximum Gasteiger partial charge on any atom is 0.130 e. The topological polar surface area (TPSA) is 64.4 Å². The molecule has 0 aliphatic heterocycles. The van der Waals surface area contributed by atoms with Gasteiger partial charge in [-0.1, -0.05) is 0 Å². The highest BCUT2D eigenvalue weighted by Crippen LogP contribution is 2.31. The molecule has 0 saturated carbocycles. The average molecular weight is 241 g/mol. The van der Waals surface area contributed by atoms with E-state index in [0.717, 1.165) is 6.08 Å². The Kier molecular flexibility index (Phi) is 4.57. The van der Waals surface area contributed by atoms with E-state index in [0.29, 0.717) is 11.1 Å². The summed E-state index contributed by atoms with van der Waals surface area (Å²) in [4.78, 5) is 3.75. The average Bonchev–Trinajstić information content (AvgIpc) is 2.28. The third kappa shape index (κ3) is 3.00. The van der Waals surface area contributed by atoms with Crippen LogP contribution in [0, 0.1) is 0 Å². The lowest BCUT2D eigenvalue weighted by Crippen LogP contribution is -2.25. The molecule has 1 unspecified atom stereocenters. The van der Waals surface area contributed by atoms with Crippen molar-refractivity contribution in [2.45, 2.75) is 25.6 Å². The number of allylic oxidation sites excluding steroid dienone is 4. The first-order valence-corrected chi connectivity index (χ1v) is 5.35. The highest BCUT2D eigenvalue weighted by molar-refractivity contribution is 5.85. The molecule has 0 aromatic carbocycles. The number of hydrogen-bond acceptors (Lipinski definition) is 3. The van der Waals surface area contributed by atoms with E-state index in [1.54, 1.807) is 14.0 Å². The molecule has 0 saturated heterocycles. The van der Waals surface area contributed by atoms with Crippen molar-refractivity contribution in [1.82, 2.24) is 0 Å². The van der Waals surface area contributed by atoms with Crippen LogP contribution in [0.3, 0.4) is 0 Å². The molecule has 1 rings (SSSR count). The first-order chi connectivity index (χ1) is 8.01. The van der Waals surface area contributed by atoms with Gasteiger partial charge in [0, 0.05) is 37.5 Å². The molecule has 3 nitrogen and oxygen atoms in total. The van der Waals surface area contributed by atoms with E-state index in [4.69, 9.17) is 11.5 Å². The second-order valence-electron chi connectivity index (χ2n) is 3.94. The second-order valence-corrected chi connectivity index (χ2v) is 3.94. The molecule has 5 heteroatoms. The fraction of sp³-hybridized carbons (Fsp3) is 0.417. The van der Waals surface area contributed by atoms with Crippen LogP contribution < -0.4 is 11.5 Å². The van der Waals surface area contributed by atoms with Gasteiger partial charge in [-0.3, -0.25) is 4.99 Å². The van der Waals surface area contributed by atoms with Crippen LogP contribution in [0.4, 0.5) is 8.78 Å². The molecule has 1 aliphatic rings. The van der Waals surface area contributed by atoms with Gasteiger partial charge in [-0.25, -0.2) is 8.78 Å². The number of nitrogens with two attached hydrogens (primary N) is 2. The number of rotatable bonds is 3. The minimum Gasteiger partial charge on any atom is -0.404 e. The molecule has 0 amide bonds. The molecule has 0 aromatic rings. The van der Waals surface area contributed by atoms with Gasteiger partial charge in [0.1, 0.15) is 12.0 Å². The third-order valence-electron chi connectivity index (χ3n) is 2.66. The molecule has 1 aliphatic carbocycles. The van der Waals surface area contributed by atoms with Crippen LogP contribution in [0.5, 0.6) is 0 Å². The molecule has 17 heavy (non-hydrogen) atoms. The molecular weight excluding hydrogens is 224 g/mol. The molecule has 0 bridgehead atoms. The van der Waals surface area contributed by atoms with Crippen molar-refractivity contribution in [3.05, 3.63) is 34.8 Å². The molecule has 2 atom stereocenters. The summed E-state index contributed by atoms with van der Waals surface area (Å²) in [6.07, 6.45) is 2.43. The van der Waals surface area contributed by atoms with Crippen LogP contribution in [-0.2, 0) is 0 Å². The largest absolute Gasteiger partial charge is 0.404 e. The highest BCUT2D eigenvalue weighted by atomic mass is 19.1. The predicted octanol–water partition coefficient (Wildman–Crippen LogP) is 1.77. The predicted molar refractivity (Wildman–Crippen MR) is 66.1 cm³/mol. The smallest absolute Gasteiger partial charge is 0.130 e. The number of alkyl halides is 1. The Bertz CT molecular complexity index is 406. The summed E-state index contributed by atoms with van der Waals surface area (Å²) in [6.45, 7) is 1.63.